The zero-order valence-electron chi connectivity index (χ0n) is 12.0. The van der Waals surface area contributed by atoms with Gasteiger partial charge in [0.05, 0.1) is 13.2 Å². The average molecular weight is 291 g/mol. The molecule has 1 aromatic heterocycles. The molecular weight excluding hydrogens is 270 g/mol. The van der Waals surface area contributed by atoms with Gasteiger partial charge in [0.2, 0.25) is 0 Å². The van der Waals surface area contributed by atoms with E-state index in [0.29, 0.717) is 18.3 Å². The number of amides is 1. The number of anilines is 1. The van der Waals surface area contributed by atoms with Gasteiger partial charge in [-0.25, -0.2) is 9.97 Å². The SMILES string of the molecule is O=C(NCCN1CCOCC1)c1cc(NC2CC2)ncn1. The lowest BCUT2D eigenvalue weighted by atomic mass is 10.3. The van der Waals surface area contributed by atoms with Gasteiger partial charge in [-0.15, -0.1) is 0 Å². The lowest BCUT2D eigenvalue weighted by molar-refractivity contribution is 0.0383. The molecule has 7 heteroatoms. The van der Waals surface area contributed by atoms with E-state index in [1.807, 2.05) is 0 Å². The van der Waals surface area contributed by atoms with E-state index in [1.165, 1.54) is 19.2 Å². The summed E-state index contributed by atoms with van der Waals surface area (Å²) in [5, 5.41) is 6.17. The summed E-state index contributed by atoms with van der Waals surface area (Å²) in [4.78, 5) is 22.5. The Morgan fingerprint density at radius 1 is 1.33 bits per heavy atom. The number of carbonyl (C=O) groups excluding carboxylic acids is 1. The predicted octanol–water partition coefficient (Wildman–Crippen LogP) is 0.113. The van der Waals surface area contributed by atoms with Crippen molar-refractivity contribution in [3.05, 3.63) is 18.1 Å². The number of morpholine rings is 1. The molecule has 7 nitrogen and oxygen atoms in total. The highest BCUT2D eigenvalue weighted by atomic mass is 16.5. The maximum absolute atomic E-state index is 12.1. The van der Waals surface area contributed by atoms with Crippen LogP contribution in [0.5, 0.6) is 0 Å². The average Bonchev–Trinajstić information content (AvgIpc) is 3.32. The third-order valence-corrected chi connectivity index (χ3v) is 3.65. The molecule has 0 atom stereocenters. The van der Waals surface area contributed by atoms with E-state index in [-0.39, 0.29) is 5.91 Å². The van der Waals surface area contributed by atoms with Gasteiger partial charge in [0, 0.05) is 38.3 Å². The van der Waals surface area contributed by atoms with Gasteiger partial charge < -0.3 is 15.4 Å². The molecule has 2 N–H and O–H groups in total. The highest BCUT2D eigenvalue weighted by Gasteiger charge is 2.21. The van der Waals surface area contributed by atoms with Crippen LogP contribution in [0.15, 0.2) is 12.4 Å². The molecule has 0 radical (unpaired) electrons. The Kier molecular flexibility index (Phi) is 4.62. The van der Waals surface area contributed by atoms with E-state index in [9.17, 15) is 4.79 Å². The Labute approximate surface area is 124 Å². The molecule has 2 fully saturated rings. The maximum atomic E-state index is 12.1. The number of aromatic nitrogens is 2. The number of nitrogens with one attached hydrogen (secondary N) is 2. The molecule has 2 heterocycles. The molecular formula is C14H21N5O2. The predicted molar refractivity (Wildman–Crippen MR) is 78.3 cm³/mol. The number of hydrogen-bond donors (Lipinski definition) is 2. The molecule has 0 aromatic carbocycles. The van der Waals surface area contributed by atoms with Crippen molar-refractivity contribution in [2.24, 2.45) is 0 Å². The molecule has 3 rings (SSSR count). The second-order valence-corrected chi connectivity index (χ2v) is 5.42. The standard InChI is InChI=1S/C14H21N5O2/c20-14(15-3-4-19-5-7-21-8-6-19)12-9-13(17-10-16-12)18-11-1-2-11/h9-11H,1-8H2,(H,15,20)(H,16,17,18). The first-order chi connectivity index (χ1) is 10.3. The molecule has 114 valence electrons. The van der Waals surface area contributed by atoms with Gasteiger partial charge >= 0.3 is 0 Å². The van der Waals surface area contributed by atoms with Gasteiger partial charge in [-0.3, -0.25) is 9.69 Å². The summed E-state index contributed by atoms with van der Waals surface area (Å²) in [7, 11) is 0. The maximum Gasteiger partial charge on any atom is 0.270 e. The summed E-state index contributed by atoms with van der Waals surface area (Å²) in [6.45, 7) is 4.87. The molecule has 0 unspecified atom stereocenters. The van der Waals surface area contributed by atoms with Crippen LogP contribution in [0.1, 0.15) is 23.3 Å². The van der Waals surface area contributed by atoms with E-state index in [1.54, 1.807) is 6.07 Å². The fourth-order valence-electron chi connectivity index (χ4n) is 2.24. The van der Waals surface area contributed by atoms with Crippen molar-refractivity contribution in [3.8, 4) is 0 Å². The number of nitrogens with zero attached hydrogens (tertiary/aromatic N) is 3. The topological polar surface area (TPSA) is 79.4 Å². The van der Waals surface area contributed by atoms with E-state index in [4.69, 9.17) is 4.74 Å². The van der Waals surface area contributed by atoms with Crippen LogP contribution in [0.3, 0.4) is 0 Å². The van der Waals surface area contributed by atoms with Crippen molar-refractivity contribution in [2.45, 2.75) is 18.9 Å². The molecule has 1 aromatic rings. The number of carbonyl (C=O) groups is 1. The Bertz CT molecular complexity index is 486. The van der Waals surface area contributed by atoms with Gasteiger partial charge in [0.15, 0.2) is 0 Å². The van der Waals surface area contributed by atoms with Crippen LogP contribution in [-0.2, 0) is 4.74 Å². The van der Waals surface area contributed by atoms with Crippen molar-refractivity contribution in [1.82, 2.24) is 20.2 Å². The number of rotatable bonds is 6. The quantitative estimate of drug-likeness (QED) is 0.774. The van der Waals surface area contributed by atoms with Gasteiger partial charge in [0.1, 0.15) is 17.8 Å². The second-order valence-electron chi connectivity index (χ2n) is 5.42. The molecule has 2 aliphatic rings. The molecule has 1 saturated heterocycles. The van der Waals surface area contributed by atoms with Gasteiger partial charge in [-0.05, 0) is 12.8 Å². The monoisotopic (exact) mass is 291 g/mol. The van der Waals surface area contributed by atoms with Crippen LogP contribution >= 0.6 is 0 Å². The Hall–Kier alpha value is -1.73. The molecule has 1 amide bonds. The fraction of sp³-hybridized carbons (Fsp3) is 0.643. The lowest BCUT2D eigenvalue weighted by Crippen LogP contribution is -2.41. The molecule has 1 saturated carbocycles. The highest BCUT2D eigenvalue weighted by molar-refractivity contribution is 5.92. The molecule has 0 spiro atoms. The summed E-state index contributed by atoms with van der Waals surface area (Å²) in [6.07, 6.45) is 3.78. The number of hydrogen-bond acceptors (Lipinski definition) is 6. The van der Waals surface area contributed by atoms with Crippen LogP contribution in [-0.4, -0.2) is 66.2 Å². The summed E-state index contributed by atoms with van der Waals surface area (Å²) in [5.74, 6) is 0.579. The third-order valence-electron chi connectivity index (χ3n) is 3.65. The minimum atomic E-state index is -0.149. The minimum absolute atomic E-state index is 0.149. The Balaban J connectivity index is 1.45. The van der Waals surface area contributed by atoms with Crippen molar-refractivity contribution in [1.29, 1.82) is 0 Å². The smallest absolute Gasteiger partial charge is 0.270 e. The lowest BCUT2D eigenvalue weighted by Gasteiger charge is -2.26. The minimum Gasteiger partial charge on any atom is -0.379 e. The van der Waals surface area contributed by atoms with Crippen molar-refractivity contribution in [2.75, 3.05) is 44.7 Å². The summed E-state index contributed by atoms with van der Waals surface area (Å²) in [5.41, 5.74) is 0.412. The first kappa shape index (κ1) is 14.2. The zero-order valence-corrected chi connectivity index (χ0v) is 12.0. The van der Waals surface area contributed by atoms with Crippen LogP contribution in [0.25, 0.3) is 0 Å². The normalized spacial score (nSPS) is 19.2. The highest BCUT2D eigenvalue weighted by Crippen LogP contribution is 2.23. The first-order valence-corrected chi connectivity index (χ1v) is 7.48. The van der Waals surface area contributed by atoms with Gasteiger partial charge in [-0.2, -0.15) is 0 Å². The molecule has 0 bridgehead atoms. The van der Waals surface area contributed by atoms with Crippen molar-refractivity contribution < 1.29 is 9.53 Å². The van der Waals surface area contributed by atoms with E-state index < -0.39 is 0 Å². The van der Waals surface area contributed by atoms with Crippen molar-refractivity contribution >= 4 is 11.7 Å². The van der Waals surface area contributed by atoms with Gasteiger partial charge in [-0.1, -0.05) is 0 Å². The summed E-state index contributed by atoms with van der Waals surface area (Å²) < 4.78 is 5.29. The molecule has 1 aliphatic heterocycles. The fourth-order valence-corrected chi connectivity index (χ4v) is 2.24. The van der Waals surface area contributed by atoms with Crippen molar-refractivity contribution in [3.63, 3.8) is 0 Å². The van der Waals surface area contributed by atoms with E-state index >= 15 is 0 Å². The van der Waals surface area contributed by atoms with E-state index in [2.05, 4.69) is 25.5 Å². The number of ether oxygens (including phenoxy) is 1. The van der Waals surface area contributed by atoms with Crippen LogP contribution in [0, 0.1) is 0 Å². The van der Waals surface area contributed by atoms with Gasteiger partial charge in [0.25, 0.3) is 5.91 Å². The Morgan fingerprint density at radius 3 is 2.90 bits per heavy atom. The van der Waals surface area contributed by atoms with Crippen LogP contribution < -0.4 is 10.6 Å². The first-order valence-electron chi connectivity index (χ1n) is 7.48. The Morgan fingerprint density at radius 2 is 2.14 bits per heavy atom. The summed E-state index contributed by atoms with van der Waals surface area (Å²) >= 11 is 0. The third kappa shape index (κ3) is 4.37. The molecule has 21 heavy (non-hydrogen) atoms. The summed E-state index contributed by atoms with van der Waals surface area (Å²) in [6, 6.07) is 2.22. The van der Waals surface area contributed by atoms with Crippen LogP contribution in [0.4, 0.5) is 5.82 Å². The van der Waals surface area contributed by atoms with E-state index in [0.717, 1.165) is 38.7 Å². The molecule has 1 aliphatic carbocycles. The zero-order chi connectivity index (χ0) is 14.5. The van der Waals surface area contributed by atoms with Crippen LogP contribution in [0.2, 0.25) is 0 Å². The largest absolute Gasteiger partial charge is 0.379 e. The second kappa shape index (κ2) is 6.82.